The Hall–Kier alpha value is -2.55. The topological polar surface area (TPSA) is 0 Å². The van der Waals surface area contributed by atoms with Crippen LogP contribution in [0.2, 0.25) is 0 Å². The molecule has 0 bridgehead atoms. The second-order valence-corrected chi connectivity index (χ2v) is 5.37. The Balaban J connectivity index is 2.04. The van der Waals surface area contributed by atoms with Crippen molar-refractivity contribution >= 4 is 0 Å². The highest BCUT2D eigenvalue weighted by atomic mass is 19.1. The molecule has 0 saturated heterocycles. The van der Waals surface area contributed by atoms with E-state index < -0.39 is 17.5 Å². The molecule has 0 aliphatic rings. The highest BCUT2D eigenvalue weighted by molar-refractivity contribution is 5.71. The molecule has 3 aromatic rings. The van der Waals surface area contributed by atoms with E-state index in [1.165, 1.54) is 36.4 Å². The number of aryl methyl sites for hydroxylation is 1. The third kappa shape index (κ3) is 3.14. The summed E-state index contributed by atoms with van der Waals surface area (Å²) in [5.74, 6) is -1.76. The standard InChI is InChI=1S/C20H15F3/c1-2-13-3-5-14(6-4-13)16-11-18(22)20(19(23)12-16)15-7-9-17(21)10-8-15/h3-12H,2H2,1H3. The Morgan fingerprint density at radius 1 is 0.652 bits per heavy atom. The van der Waals surface area contributed by atoms with Crippen LogP contribution in [0.3, 0.4) is 0 Å². The van der Waals surface area contributed by atoms with Crippen LogP contribution in [0.5, 0.6) is 0 Å². The summed E-state index contributed by atoms with van der Waals surface area (Å²) in [4.78, 5) is 0. The Morgan fingerprint density at radius 3 is 1.70 bits per heavy atom. The summed E-state index contributed by atoms with van der Waals surface area (Å²) in [6.07, 6.45) is 0.909. The molecule has 3 rings (SSSR count). The van der Waals surface area contributed by atoms with Crippen molar-refractivity contribution in [1.82, 2.24) is 0 Å². The van der Waals surface area contributed by atoms with Crippen LogP contribution < -0.4 is 0 Å². The van der Waals surface area contributed by atoms with E-state index in [-0.39, 0.29) is 5.56 Å². The van der Waals surface area contributed by atoms with E-state index in [1.54, 1.807) is 0 Å². The van der Waals surface area contributed by atoms with Gasteiger partial charge in [0.15, 0.2) is 0 Å². The average Bonchev–Trinajstić information content (AvgIpc) is 2.56. The van der Waals surface area contributed by atoms with Gasteiger partial charge in [0.25, 0.3) is 0 Å². The second-order valence-electron chi connectivity index (χ2n) is 5.37. The third-order valence-corrected chi connectivity index (χ3v) is 3.87. The Morgan fingerprint density at radius 2 is 1.17 bits per heavy atom. The van der Waals surface area contributed by atoms with Crippen LogP contribution >= 0.6 is 0 Å². The molecule has 0 aromatic heterocycles. The van der Waals surface area contributed by atoms with E-state index in [4.69, 9.17) is 0 Å². The molecule has 0 spiro atoms. The lowest BCUT2D eigenvalue weighted by Gasteiger charge is -2.09. The van der Waals surface area contributed by atoms with Crippen LogP contribution in [0.1, 0.15) is 12.5 Å². The fraction of sp³-hybridized carbons (Fsp3) is 0.100. The van der Waals surface area contributed by atoms with Crippen LogP contribution in [0, 0.1) is 17.5 Å². The fourth-order valence-corrected chi connectivity index (χ4v) is 2.57. The summed E-state index contributed by atoms with van der Waals surface area (Å²) >= 11 is 0. The second kappa shape index (κ2) is 6.29. The first-order valence-corrected chi connectivity index (χ1v) is 7.43. The van der Waals surface area contributed by atoms with Gasteiger partial charge >= 0.3 is 0 Å². The summed E-state index contributed by atoms with van der Waals surface area (Å²) in [5, 5.41) is 0. The van der Waals surface area contributed by atoms with Gasteiger partial charge in [0, 0.05) is 0 Å². The zero-order valence-corrected chi connectivity index (χ0v) is 12.6. The first kappa shape index (κ1) is 15.3. The van der Waals surface area contributed by atoms with Crippen molar-refractivity contribution < 1.29 is 13.2 Å². The zero-order chi connectivity index (χ0) is 16.4. The molecule has 116 valence electrons. The van der Waals surface area contributed by atoms with E-state index in [0.717, 1.165) is 17.5 Å². The van der Waals surface area contributed by atoms with Gasteiger partial charge in [0.1, 0.15) is 17.5 Å². The lowest BCUT2D eigenvalue weighted by Crippen LogP contribution is -1.93. The molecular formula is C20H15F3. The van der Waals surface area contributed by atoms with E-state index in [1.807, 2.05) is 31.2 Å². The van der Waals surface area contributed by atoms with Crippen LogP contribution in [-0.4, -0.2) is 0 Å². The maximum absolute atomic E-state index is 14.4. The lowest BCUT2D eigenvalue weighted by molar-refractivity contribution is 0.590. The SMILES string of the molecule is CCc1ccc(-c2cc(F)c(-c3ccc(F)cc3)c(F)c2)cc1. The molecule has 0 atom stereocenters. The van der Waals surface area contributed by atoms with Gasteiger partial charge in [-0.25, -0.2) is 13.2 Å². The van der Waals surface area contributed by atoms with Gasteiger partial charge in [0.05, 0.1) is 5.56 Å². The molecule has 3 heteroatoms. The van der Waals surface area contributed by atoms with Crippen molar-refractivity contribution in [1.29, 1.82) is 0 Å². The molecule has 0 N–H and O–H groups in total. The van der Waals surface area contributed by atoms with Gasteiger partial charge in [-0.05, 0) is 52.9 Å². The maximum Gasteiger partial charge on any atom is 0.134 e. The van der Waals surface area contributed by atoms with E-state index in [0.29, 0.717) is 11.1 Å². The predicted octanol–water partition coefficient (Wildman–Crippen LogP) is 6.00. The predicted molar refractivity (Wildman–Crippen MR) is 86.6 cm³/mol. The number of benzene rings is 3. The van der Waals surface area contributed by atoms with Crippen molar-refractivity contribution in [3.8, 4) is 22.3 Å². The summed E-state index contributed by atoms with van der Waals surface area (Å²) in [5.41, 5.74) is 2.57. The number of hydrogen-bond donors (Lipinski definition) is 0. The molecule has 23 heavy (non-hydrogen) atoms. The number of rotatable bonds is 3. The molecule has 3 aromatic carbocycles. The van der Waals surface area contributed by atoms with Crippen molar-refractivity contribution in [3.05, 3.63) is 83.7 Å². The zero-order valence-electron chi connectivity index (χ0n) is 12.6. The maximum atomic E-state index is 14.4. The molecule has 0 saturated carbocycles. The van der Waals surface area contributed by atoms with Crippen molar-refractivity contribution in [2.75, 3.05) is 0 Å². The lowest BCUT2D eigenvalue weighted by atomic mass is 9.98. The normalized spacial score (nSPS) is 10.8. The number of hydrogen-bond acceptors (Lipinski definition) is 0. The Labute approximate surface area is 133 Å². The van der Waals surface area contributed by atoms with E-state index in [9.17, 15) is 13.2 Å². The molecule has 0 aliphatic heterocycles. The van der Waals surface area contributed by atoms with Crippen molar-refractivity contribution in [2.24, 2.45) is 0 Å². The van der Waals surface area contributed by atoms with Crippen molar-refractivity contribution in [2.45, 2.75) is 13.3 Å². The fourth-order valence-electron chi connectivity index (χ4n) is 2.57. The van der Waals surface area contributed by atoms with Crippen LogP contribution in [0.15, 0.2) is 60.7 Å². The first-order chi connectivity index (χ1) is 11.1. The minimum Gasteiger partial charge on any atom is -0.207 e. The van der Waals surface area contributed by atoms with Gasteiger partial charge in [-0.2, -0.15) is 0 Å². The Kier molecular flexibility index (Phi) is 4.20. The van der Waals surface area contributed by atoms with Gasteiger partial charge in [-0.15, -0.1) is 0 Å². The smallest absolute Gasteiger partial charge is 0.134 e. The van der Waals surface area contributed by atoms with Crippen molar-refractivity contribution in [3.63, 3.8) is 0 Å². The van der Waals surface area contributed by atoms with Gasteiger partial charge in [0.2, 0.25) is 0 Å². The highest BCUT2D eigenvalue weighted by Gasteiger charge is 2.14. The molecular weight excluding hydrogens is 297 g/mol. The summed E-state index contributed by atoms with van der Waals surface area (Å²) in [6, 6.07) is 15.3. The quantitative estimate of drug-likeness (QED) is 0.556. The molecule has 0 aliphatic carbocycles. The summed E-state index contributed by atoms with van der Waals surface area (Å²) in [6.45, 7) is 2.05. The average molecular weight is 312 g/mol. The molecule has 0 fully saturated rings. The van der Waals surface area contributed by atoms with Crippen LogP contribution in [0.4, 0.5) is 13.2 Å². The highest BCUT2D eigenvalue weighted by Crippen LogP contribution is 2.31. The summed E-state index contributed by atoms with van der Waals surface area (Å²) in [7, 11) is 0. The summed E-state index contributed by atoms with van der Waals surface area (Å²) < 4.78 is 41.8. The third-order valence-electron chi connectivity index (χ3n) is 3.87. The van der Waals surface area contributed by atoms with E-state index >= 15 is 0 Å². The van der Waals surface area contributed by atoms with Crippen LogP contribution in [0.25, 0.3) is 22.3 Å². The Bertz CT molecular complexity index is 796. The largest absolute Gasteiger partial charge is 0.207 e. The monoisotopic (exact) mass is 312 g/mol. The molecule has 0 heterocycles. The molecule has 0 nitrogen and oxygen atoms in total. The molecule has 0 radical (unpaired) electrons. The molecule has 0 amide bonds. The van der Waals surface area contributed by atoms with Gasteiger partial charge < -0.3 is 0 Å². The minimum absolute atomic E-state index is 0.140. The van der Waals surface area contributed by atoms with Crippen LogP contribution in [-0.2, 0) is 6.42 Å². The number of halogens is 3. The van der Waals surface area contributed by atoms with E-state index in [2.05, 4.69) is 0 Å². The first-order valence-electron chi connectivity index (χ1n) is 7.43. The van der Waals surface area contributed by atoms with Gasteiger partial charge in [-0.3, -0.25) is 0 Å². The minimum atomic E-state index is -0.661. The molecule has 0 unspecified atom stereocenters. The van der Waals surface area contributed by atoms with Gasteiger partial charge in [-0.1, -0.05) is 43.3 Å².